The summed E-state index contributed by atoms with van der Waals surface area (Å²) < 4.78 is 16.0. The average Bonchev–Trinajstić information content (AvgIpc) is 2.66. The van der Waals surface area contributed by atoms with Crippen molar-refractivity contribution in [3.63, 3.8) is 0 Å². The molecule has 0 aliphatic carbocycles. The normalized spacial score (nSPS) is 10.5. The van der Waals surface area contributed by atoms with Gasteiger partial charge in [-0.1, -0.05) is 18.2 Å². The zero-order valence-electron chi connectivity index (χ0n) is 14.5. The molecule has 0 aromatic heterocycles. The number of hydrogen-bond acceptors (Lipinski definition) is 4. The number of methoxy groups -OCH3 is 2. The summed E-state index contributed by atoms with van der Waals surface area (Å²) in [7, 11) is 3.19. The highest BCUT2D eigenvalue weighted by atomic mass is 16.5. The molecule has 0 aliphatic heterocycles. The quantitative estimate of drug-likeness (QED) is 0.562. The number of para-hydroxylation sites is 1. The topological polar surface area (TPSA) is 56.8 Å². The van der Waals surface area contributed by atoms with Gasteiger partial charge in [-0.15, -0.1) is 0 Å². The maximum absolute atomic E-state index is 11.9. The van der Waals surface area contributed by atoms with Crippen LogP contribution in [0.25, 0.3) is 6.08 Å². The molecule has 1 N–H and O–H groups in total. The van der Waals surface area contributed by atoms with E-state index in [9.17, 15) is 4.79 Å². The Bertz CT molecular complexity index is 698. The molecule has 0 unspecified atom stereocenters. The summed E-state index contributed by atoms with van der Waals surface area (Å²) in [6.07, 6.45) is 3.92. The van der Waals surface area contributed by atoms with Crippen LogP contribution in [0.5, 0.6) is 17.2 Å². The highest BCUT2D eigenvalue weighted by molar-refractivity contribution is 5.92. The molecular formula is C20H23NO4. The Kier molecular flexibility index (Phi) is 7.38. The Morgan fingerprint density at radius 2 is 1.84 bits per heavy atom. The van der Waals surface area contributed by atoms with Gasteiger partial charge >= 0.3 is 0 Å². The van der Waals surface area contributed by atoms with Gasteiger partial charge in [-0.25, -0.2) is 0 Å². The third kappa shape index (κ3) is 6.22. The third-order valence-electron chi connectivity index (χ3n) is 3.48. The molecule has 1 amide bonds. The lowest BCUT2D eigenvalue weighted by atomic mass is 10.1. The fourth-order valence-corrected chi connectivity index (χ4v) is 2.18. The van der Waals surface area contributed by atoms with E-state index < -0.39 is 0 Å². The lowest BCUT2D eigenvalue weighted by molar-refractivity contribution is -0.116. The standard InChI is InChI=1S/C20H23NO4/c1-23-18-10-11-19(24-2)16(15-18)9-12-20(22)21-13-6-14-25-17-7-4-3-5-8-17/h3-5,7-12,15H,6,13-14H2,1-2H3,(H,21,22). The Balaban J connectivity index is 1.75. The smallest absolute Gasteiger partial charge is 0.244 e. The summed E-state index contributed by atoms with van der Waals surface area (Å²) in [5.41, 5.74) is 0.782. The van der Waals surface area contributed by atoms with Gasteiger partial charge in [-0.2, -0.15) is 0 Å². The third-order valence-corrected chi connectivity index (χ3v) is 3.48. The van der Waals surface area contributed by atoms with Crippen LogP contribution in [0.3, 0.4) is 0 Å². The number of carbonyl (C=O) groups excluding carboxylic acids is 1. The second-order valence-electron chi connectivity index (χ2n) is 5.25. The zero-order valence-corrected chi connectivity index (χ0v) is 14.5. The van der Waals surface area contributed by atoms with Crippen molar-refractivity contribution in [1.82, 2.24) is 5.32 Å². The van der Waals surface area contributed by atoms with Gasteiger partial charge in [0.1, 0.15) is 17.2 Å². The first kappa shape index (κ1) is 18.4. The maximum atomic E-state index is 11.9. The number of carbonyl (C=O) groups is 1. The lowest BCUT2D eigenvalue weighted by Crippen LogP contribution is -2.23. The van der Waals surface area contributed by atoms with Crippen LogP contribution in [0.4, 0.5) is 0 Å². The van der Waals surface area contributed by atoms with Crippen molar-refractivity contribution >= 4 is 12.0 Å². The molecule has 0 radical (unpaired) electrons. The summed E-state index contributed by atoms with van der Waals surface area (Å²) in [5.74, 6) is 2.06. The molecule has 5 nitrogen and oxygen atoms in total. The SMILES string of the molecule is COc1ccc(OC)c(C=CC(=O)NCCCOc2ccccc2)c1. The second kappa shape index (κ2) is 10.0. The van der Waals surface area contributed by atoms with Crippen molar-refractivity contribution in [3.05, 3.63) is 60.2 Å². The molecule has 25 heavy (non-hydrogen) atoms. The summed E-state index contributed by atoms with van der Waals surface area (Å²) in [6.45, 7) is 1.10. The lowest BCUT2D eigenvalue weighted by Gasteiger charge is -2.07. The van der Waals surface area contributed by atoms with E-state index in [0.29, 0.717) is 24.7 Å². The van der Waals surface area contributed by atoms with E-state index in [1.54, 1.807) is 26.4 Å². The van der Waals surface area contributed by atoms with E-state index in [1.807, 2.05) is 42.5 Å². The molecule has 2 aromatic carbocycles. The van der Waals surface area contributed by atoms with E-state index in [2.05, 4.69) is 5.32 Å². The molecule has 0 atom stereocenters. The largest absolute Gasteiger partial charge is 0.497 e. The number of rotatable bonds is 9. The van der Waals surface area contributed by atoms with Gasteiger partial charge in [0.05, 0.1) is 20.8 Å². The fraction of sp³-hybridized carbons (Fsp3) is 0.250. The maximum Gasteiger partial charge on any atom is 0.244 e. The summed E-state index contributed by atoms with van der Waals surface area (Å²) >= 11 is 0. The first-order valence-electron chi connectivity index (χ1n) is 8.08. The molecule has 0 spiro atoms. The van der Waals surface area contributed by atoms with Crippen molar-refractivity contribution < 1.29 is 19.0 Å². The molecular weight excluding hydrogens is 318 g/mol. The molecule has 0 aliphatic rings. The molecule has 2 aromatic rings. The molecule has 0 heterocycles. The van der Waals surface area contributed by atoms with Gasteiger partial charge in [0.2, 0.25) is 5.91 Å². The molecule has 5 heteroatoms. The van der Waals surface area contributed by atoms with Crippen molar-refractivity contribution in [2.45, 2.75) is 6.42 Å². The highest BCUT2D eigenvalue weighted by Gasteiger charge is 2.03. The summed E-state index contributed by atoms with van der Waals surface area (Å²) in [5, 5.41) is 2.83. The molecule has 2 rings (SSSR count). The highest BCUT2D eigenvalue weighted by Crippen LogP contribution is 2.24. The summed E-state index contributed by atoms with van der Waals surface area (Å²) in [4.78, 5) is 11.9. The number of amides is 1. The van der Waals surface area contributed by atoms with Crippen molar-refractivity contribution in [2.24, 2.45) is 0 Å². The Hall–Kier alpha value is -2.95. The Morgan fingerprint density at radius 1 is 1.04 bits per heavy atom. The predicted octanol–water partition coefficient (Wildman–Crippen LogP) is 3.30. The van der Waals surface area contributed by atoms with E-state index >= 15 is 0 Å². The van der Waals surface area contributed by atoms with Gasteiger partial charge in [0.15, 0.2) is 0 Å². The first-order chi connectivity index (χ1) is 12.2. The average molecular weight is 341 g/mol. The molecule has 0 fully saturated rings. The van der Waals surface area contributed by atoms with E-state index in [-0.39, 0.29) is 5.91 Å². The van der Waals surface area contributed by atoms with Crippen LogP contribution in [-0.4, -0.2) is 33.3 Å². The monoisotopic (exact) mass is 341 g/mol. The molecule has 132 valence electrons. The van der Waals surface area contributed by atoms with Crippen LogP contribution in [0.2, 0.25) is 0 Å². The van der Waals surface area contributed by atoms with Crippen molar-refractivity contribution in [1.29, 1.82) is 0 Å². The van der Waals surface area contributed by atoms with Crippen molar-refractivity contribution in [3.8, 4) is 17.2 Å². The molecule has 0 bridgehead atoms. The minimum atomic E-state index is -0.162. The van der Waals surface area contributed by atoms with Gasteiger partial charge in [0.25, 0.3) is 0 Å². The van der Waals surface area contributed by atoms with Crippen LogP contribution in [0.15, 0.2) is 54.6 Å². The van der Waals surface area contributed by atoms with E-state index in [1.165, 1.54) is 6.08 Å². The van der Waals surface area contributed by atoms with Crippen LogP contribution >= 0.6 is 0 Å². The number of ether oxygens (including phenoxy) is 3. The fourth-order valence-electron chi connectivity index (χ4n) is 2.18. The first-order valence-corrected chi connectivity index (χ1v) is 8.08. The van der Waals surface area contributed by atoms with Gasteiger partial charge in [-0.3, -0.25) is 4.79 Å². The predicted molar refractivity (Wildman–Crippen MR) is 98.1 cm³/mol. The van der Waals surface area contributed by atoms with Crippen LogP contribution in [-0.2, 0) is 4.79 Å². The Labute approximate surface area is 148 Å². The minimum Gasteiger partial charge on any atom is -0.497 e. The van der Waals surface area contributed by atoms with Crippen LogP contribution in [0, 0.1) is 0 Å². The molecule has 0 saturated carbocycles. The van der Waals surface area contributed by atoms with Crippen molar-refractivity contribution in [2.75, 3.05) is 27.4 Å². The zero-order chi connectivity index (χ0) is 17.9. The number of hydrogen-bond donors (Lipinski definition) is 1. The van der Waals surface area contributed by atoms with Crippen LogP contribution in [0.1, 0.15) is 12.0 Å². The number of benzene rings is 2. The summed E-state index contributed by atoms with van der Waals surface area (Å²) in [6, 6.07) is 15.0. The molecule has 0 saturated heterocycles. The van der Waals surface area contributed by atoms with Gasteiger partial charge in [-0.05, 0) is 42.8 Å². The van der Waals surface area contributed by atoms with E-state index in [4.69, 9.17) is 14.2 Å². The second-order valence-corrected chi connectivity index (χ2v) is 5.25. The Morgan fingerprint density at radius 3 is 2.56 bits per heavy atom. The van der Waals surface area contributed by atoms with Gasteiger partial charge < -0.3 is 19.5 Å². The number of nitrogens with one attached hydrogen (secondary N) is 1. The minimum absolute atomic E-state index is 0.162. The van der Waals surface area contributed by atoms with E-state index in [0.717, 1.165) is 17.7 Å². The van der Waals surface area contributed by atoms with Gasteiger partial charge in [0, 0.05) is 18.2 Å². The van der Waals surface area contributed by atoms with Crippen LogP contribution < -0.4 is 19.5 Å².